The fraction of sp³-hybridized carbons (Fsp3) is 0.188. The van der Waals surface area contributed by atoms with Gasteiger partial charge in [-0.2, -0.15) is 0 Å². The molecule has 2 rings (SSSR count). The first-order valence-electron chi connectivity index (χ1n) is 6.37. The molecule has 2 aromatic rings. The number of hydrogen-bond donors (Lipinski definition) is 1. The maximum absolute atomic E-state index is 13.5. The normalized spacial score (nSPS) is 12.1. The summed E-state index contributed by atoms with van der Waals surface area (Å²) in [7, 11) is 0. The Hall–Kier alpha value is -1.39. The summed E-state index contributed by atoms with van der Waals surface area (Å²) in [6.07, 6.45) is 0.631. The summed E-state index contributed by atoms with van der Waals surface area (Å²) in [5, 5.41) is 9.99. The Morgan fingerprint density at radius 2 is 1.86 bits per heavy atom. The molecule has 2 nitrogen and oxygen atoms in total. The zero-order chi connectivity index (χ0) is 15.4. The van der Waals surface area contributed by atoms with Gasteiger partial charge in [0.15, 0.2) is 0 Å². The highest BCUT2D eigenvalue weighted by atomic mass is 79.9. The van der Waals surface area contributed by atoms with Crippen LogP contribution in [-0.4, -0.2) is 11.1 Å². The maximum atomic E-state index is 13.5. The highest BCUT2D eigenvalue weighted by Gasteiger charge is 2.20. The SMILES string of the molecule is O=C(O)C(Cc1ccc(Cl)cc1)Cc1cccc(F)c1Br. The minimum atomic E-state index is -0.902. The molecule has 110 valence electrons. The molecule has 0 amide bonds. The summed E-state index contributed by atoms with van der Waals surface area (Å²) in [6, 6.07) is 11.7. The highest BCUT2D eigenvalue weighted by molar-refractivity contribution is 9.10. The summed E-state index contributed by atoms with van der Waals surface area (Å²) in [4.78, 5) is 11.4. The first kappa shape index (κ1) is 16.0. The molecule has 0 aliphatic rings. The first-order valence-corrected chi connectivity index (χ1v) is 7.54. The molecule has 1 atom stereocenters. The van der Waals surface area contributed by atoms with E-state index < -0.39 is 11.9 Å². The van der Waals surface area contributed by atoms with Gasteiger partial charge in [-0.3, -0.25) is 4.79 Å². The summed E-state index contributed by atoms with van der Waals surface area (Å²) in [6.45, 7) is 0. The van der Waals surface area contributed by atoms with Gasteiger partial charge in [-0.25, -0.2) is 4.39 Å². The van der Waals surface area contributed by atoms with Crippen molar-refractivity contribution < 1.29 is 14.3 Å². The molecule has 0 aliphatic carbocycles. The molecule has 0 bridgehead atoms. The van der Waals surface area contributed by atoms with Crippen LogP contribution >= 0.6 is 27.5 Å². The van der Waals surface area contributed by atoms with Crippen LogP contribution in [0.5, 0.6) is 0 Å². The smallest absolute Gasteiger partial charge is 0.307 e. The Labute approximate surface area is 135 Å². The van der Waals surface area contributed by atoms with Gasteiger partial charge in [-0.1, -0.05) is 35.9 Å². The zero-order valence-electron chi connectivity index (χ0n) is 11.0. The molecule has 0 heterocycles. The molecule has 5 heteroatoms. The van der Waals surface area contributed by atoms with E-state index >= 15 is 0 Å². The topological polar surface area (TPSA) is 37.3 Å². The number of benzene rings is 2. The van der Waals surface area contributed by atoms with Crippen molar-refractivity contribution in [1.82, 2.24) is 0 Å². The molecule has 0 spiro atoms. The molecular weight excluding hydrogens is 359 g/mol. The number of halogens is 3. The summed E-state index contributed by atoms with van der Waals surface area (Å²) in [5.41, 5.74) is 1.54. The molecule has 0 aromatic heterocycles. The van der Waals surface area contributed by atoms with Gasteiger partial charge >= 0.3 is 5.97 Å². The van der Waals surface area contributed by atoms with Crippen LogP contribution in [0.1, 0.15) is 11.1 Å². The van der Waals surface area contributed by atoms with Gasteiger partial charge in [0.1, 0.15) is 5.82 Å². The van der Waals surface area contributed by atoms with Gasteiger partial charge in [0.2, 0.25) is 0 Å². The predicted molar refractivity (Wildman–Crippen MR) is 84.1 cm³/mol. The lowest BCUT2D eigenvalue weighted by molar-refractivity contribution is -0.141. The fourth-order valence-electron chi connectivity index (χ4n) is 2.12. The molecule has 1 unspecified atom stereocenters. The van der Waals surface area contributed by atoms with Crippen LogP contribution in [0, 0.1) is 11.7 Å². The van der Waals surface area contributed by atoms with Crippen molar-refractivity contribution in [2.24, 2.45) is 5.92 Å². The lowest BCUT2D eigenvalue weighted by Crippen LogP contribution is -2.19. The van der Waals surface area contributed by atoms with Crippen LogP contribution in [0.15, 0.2) is 46.9 Å². The third-order valence-electron chi connectivity index (χ3n) is 3.24. The lowest BCUT2D eigenvalue weighted by Gasteiger charge is -2.14. The number of aliphatic carboxylic acids is 1. The zero-order valence-corrected chi connectivity index (χ0v) is 13.4. The van der Waals surface area contributed by atoms with Crippen LogP contribution in [0.25, 0.3) is 0 Å². The first-order chi connectivity index (χ1) is 9.97. The summed E-state index contributed by atoms with van der Waals surface area (Å²) < 4.78 is 13.8. The molecule has 0 saturated heterocycles. The Kier molecular flexibility index (Phi) is 5.37. The van der Waals surface area contributed by atoms with E-state index in [1.807, 2.05) is 0 Å². The van der Waals surface area contributed by atoms with Gasteiger partial charge in [-0.05, 0) is 58.1 Å². The fourth-order valence-corrected chi connectivity index (χ4v) is 2.68. The molecule has 2 aromatic carbocycles. The van der Waals surface area contributed by atoms with Crippen LogP contribution in [-0.2, 0) is 17.6 Å². The second-order valence-electron chi connectivity index (χ2n) is 4.78. The highest BCUT2D eigenvalue weighted by Crippen LogP contribution is 2.25. The van der Waals surface area contributed by atoms with Crippen LogP contribution in [0.4, 0.5) is 4.39 Å². The number of carboxylic acid groups (broad SMARTS) is 1. The van der Waals surface area contributed by atoms with Gasteiger partial charge in [-0.15, -0.1) is 0 Å². The van der Waals surface area contributed by atoms with Crippen molar-refractivity contribution in [2.45, 2.75) is 12.8 Å². The van der Waals surface area contributed by atoms with E-state index in [1.54, 1.807) is 36.4 Å². The van der Waals surface area contributed by atoms with E-state index in [4.69, 9.17) is 11.6 Å². The van der Waals surface area contributed by atoms with Crippen molar-refractivity contribution in [2.75, 3.05) is 0 Å². The van der Waals surface area contributed by atoms with Gasteiger partial charge in [0, 0.05) is 5.02 Å². The van der Waals surface area contributed by atoms with Gasteiger partial charge < -0.3 is 5.11 Å². The molecule has 1 N–H and O–H groups in total. The van der Waals surface area contributed by atoms with Crippen molar-refractivity contribution in [3.63, 3.8) is 0 Å². The van der Waals surface area contributed by atoms with Crippen molar-refractivity contribution >= 4 is 33.5 Å². The molecule has 0 radical (unpaired) electrons. The van der Waals surface area contributed by atoms with Crippen molar-refractivity contribution in [1.29, 1.82) is 0 Å². The average molecular weight is 372 g/mol. The van der Waals surface area contributed by atoms with E-state index in [-0.39, 0.29) is 12.2 Å². The molecule has 0 fully saturated rings. The monoisotopic (exact) mass is 370 g/mol. The molecule has 21 heavy (non-hydrogen) atoms. The number of rotatable bonds is 5. The number of hydrogen-bond acceptors (Lipinski definition) is 1. The second-order valence-corrected chi connectivity index (χ2v) is 6.01. The Bertz CT molecular complexity index is 643. The second kappa shape index (κ2) is 7.05. The third-order valence-corrected chi connectivity index (χ3v) is 4.38. The maximum Gasteiger partial charge on any atom is 0.307 e. The predicted octanol–water partition coefficient (Wildman–Crippen LogP) is 4.73. The molecule has 0 aliphatic heterocycles. The molecule has 0 saturated carbocycles. The Morgan fingerprint density at radius 1 is 1.19 bits per heavy atom. The third kappa shape index (κ3) is 4.29. The number of carboxylic acids is 1. The minimum absolute atomic E-state index is 0.260. The van der Waals surface area contributed by atoms with Crippen LogP contribution < -0.4 is 0 Å². The standard InChI is InChI=1S/C16H13BrClFO2/c17-15-11(2-1-3-14(15)19)9-12(16(20)21)8-10-4-6-13(18)7-5-10/h1-7,12H,8-9H2,(H,20,21). The van der Waals surface area contributed by atoms with E-state index in [1.165, 1.54) is 6.07 Å². The largest absolute Gasteiger partial charge is 0.481 e. The van der Waals surface area contributed by atoms with Crippen molar-refractivity contribution in [3.8, 4) is 0 Å². The molecular formula is C16H13BrClFO2. The Morgan fingerprint density at radius 3 is 2.48 bits per heavy atom. The van der Waals surface area contributed by atoms with Crippen LogP contribution in [0.2, 0.25) is 5.02 Å². The van der Waals surface area contributed by atoms with Crippen LogP contribution in [0.3, 0.4) is 0 Å². The number of carbonyl (C=O) groups is 1. The van der Waals surface area contributed by atoms with E-state index in [2.05, 4.69) is 15.9 Å². The lowest BCUT2D eigenvalue weighted by atomic mass is 9.92. The Balaban J connectivity index is 2.18. The van der Waals surface area contributed by atoms with E-state index in [0.29, 0.717) is 21.5 Å². The average Bonchev–Trinajstić information content (AvgIpc) is 2.45. The van der Waals surface area contributed by atoms with Gasteiger partial charge in [0.25, 0.3) is 0 Å². The van der Waals surface area contributed by atoms with Crippen molar-refractivity contribution in [3.05, 3.63) is 68.9 Å². The van der Waals surface area contributed by atoms with E-state index in [0.717, 1.165) is 5.56 Å². The minimum Gasteiger partial charge on any atom is -0.481 e. The quantitative estimate of drug-likeness (QED) is 0.825. The summed E-state index contributed by atoms with van der Waals surface area (Å²) >= 11 is 8.98. The van der Waals surface area contributed by atoms with Gasteiger partial charge in [0.05, 0.1) is 10.4 Å². The van der Waals surface area contributed by atoms with E-state index in [9.17, 15) is 14.3 Å². The summed E-state index contributed by atoms with van der Waals surface area (Å²) in [5.74, 6) is -1.91.